The summed E-state index contributed by atoms with van der Waals surface area (Å²) in [5.74, 6) is -0.0207. The molecule has 1 amide bonds. The predicted octanol–water partition coefficient (Wildman–Crippen LogP) is 2.46. The first-order chi connectivity index (χ1) is 12.2. The molecule has 0 saturated carbocycles. The van der Waals surface area contributed by atoms with Gasteiger partial charge in [0, 0.05) is 23.8 Å². The van der Waals surface area contributed by atoms with Gasteiger partial charge in [0.2, 0.25) is 0 Å². The van der Waals surface area contributed by atoms with Crippen LogP contribution in [0.2, 0.25) is 5.02 Å². The number of benzene rings is 1. The summed E-state index contributed by atoms with van der Waals surface area (Å²) in [6.45, 7) is 4.12. The zero-order valence-electron chi connectivity index (χ0n) is 15.1. The van der Waals surface area contributed by atoms with Crippen molar-refractivity contribution in [3.63, 3.8) is 0 Å². The third kappa shape index (κ3) is 3.64. The molecule has 8 heteroatoms. The van der Waals surface area contributed by atoms with Gasteiger partial charge in [0.25, 0.3) is 5.91 Å². The summed E-state index contributed by atoms with van der Waals surface area (Å²) in [5.41, 5.74) is 2.84. The fourth-order valence-electron chi connectivity index (χ4n) is 3.37. The fraction of sp³-hybridized carbons (Fsp3) is 0.444. The summed E-state index contributed by atoms with van der Waals surface area (Å²) >= 11 is 6.23. The van der Waals surface area contributed by atoms with E-state index >= 15 is 0 Å². The summed E-state index contributed by atoms with van der Waals surface area (Å²) in [6, 6.07) is 7.25. The van der Waals surface area contributed by atoms with Crippen LogP contribution in [0, 0.1) is 13.8 Å². The van der Waals surface area contributed by atoms with E-state index in [1.165, 1.54) is 0 Å². The van der Waals surface area contributed by atoms with Crippen LogP contribution >= 0.6 is 11.6 Å². The number of carbonyl (C=O) groups is 1. The zero-order chi connectivity index (χ0) is 19.1. The van der Waals surface area contributed by atoms with Gasteiger partial charge in [-0.05, 0) is 31.9 Å². The van der Waals surface area contributed by atoms with Crippen LogP contribution in [0.4, 0.5) is 0 Å². The molecule has 26 heavy (non-hydrogen) atoms. The molecule has 1 saturated heterocycles. The maximum atomic E-state index is 13.0. The molecule has 2 heterocycles. The largest absolute Gasteiger partial charge is 0.338 e. The molecule has 0 bridgehead atoms. The van der Waals surface area contributed by atoms with Crippen molar-refractivity contribution in [1.82, 2.24) is 14.7 Å². The molecule has 1 atom stereocenters. The second-order valence-electron chi connectivity index (χ2n) is 6.77. The van der Waals surface area contributed by atoms with Crippen LogP contribution in [0.3, 0.4) is 0 Å². The minimum Gasteiger partial charge on any atom is -0.338 e. The van der Waals surface area contributed by atoms with Crippen LogP contribution < -0.4 is 0 Å². The lowest BCUT2D eigenvalue weighted by Crippen LogP contribution is -2.38. The molecule has 6 nitrogen and oxygen atoms in total. The number of sulfone groups is 1. The molecule has 140 valence electrons. The summed E-state index contributed by atoms with van der Waals surface area (Å²) in [5, 5.41) is 5.15. The summed E-state index contributed by atoms with van der Waals surface area (Å²) in [7, 11) is -1.38. The van der Waals surface area contributed by atoms with Gasteiger partial charge in [-0.15, -0.1) is 0 Å². The molecule has 1 aromatic carbocycles. The van der Waals surface area contributed by atoms with Crippen LogP contribution in [0.25, 0.3) is 0 Å². The Morgan fingerprint density at radius 2 is 2.04 bits per heavy atom. The Morgan fingerprint density at radius 1 is 1.35 bits per heavy atom. The van der Waals surface area contributed by atoms with Gasteiger partial charge in [-0.3, -0.25) is 9.48 Å². The average Bonchev–Trinajstić information content (AvgIpc) is 3.07. The molecular weight excluding hydrogens is 374 g/mol. The van der Waals surface area contributed by atoms with E-state index in [2.05, 4.69) is 5.10 Å². The number of carbonyl (C=O) groups excluding carboxylic acids is 1. The first kappa shape index (κ1) is 18.9. The number of hydrogen-bond donors (Lipinski definition) is 0. The quantitative estimate of drug-likeness (QED) is 0.797. The molecule has 1 aromatic heterocycles. The van der Waals surface area contributed by atoms with Gasteiger partial charge in [-0.25, -0.2) is 8.42 Å². The molecule has 1 aliphatic rings. The summed E-state index contributed by atoms with van der Waals surface area (Å²) in [4.78, 5) is 14.5. The third-order valence-corrected chi connectivity index (χ3v) is 7.07. The van der Waals surface area contributed by atoms with E-state index in [9.17, 15) is 13.2 Å². The van der Waals surface area contributed by atoms with E-state index in [4.69, 9.17) is 11.6 Å². The van der Waals surface area contributed by atoms with Gasteiger partial charge < -0.3 is 4.90 Å². The maximum Gasteiger partial charge on any atom is 0.257 e. The molecule has 2 aromatic rings. The minimum atomic E-state index is -3.05. The number of rotatable bonds is 4. The van der Waals surface area contributed by atoms with Crippen molar-refractivity contribution in [2.24, 2.45) is 0 Å². The Balaban J connectivity index is 1.86. The van der Waals surface area contributed by atoms with Crippen LogP contribution in [0.1, 0.15) is 33.7 Å². The molecule has 1 unspecified atom stereocenters. The number of nitrogens with zero attached hydrogens (tertiary/aromatic N) is 3. The Morgan fingerprint density at radius 3 is 2.65 bits per heavy atom. The average molecular weight is 396 g/mol. The van der Waals surface area contributed by atoms with Crippen molar-refractivity contribution in [3.05, 3.63) is 51.8 Å². The summed E-state index contributed by atoms with van der Waals surface area (Å²) < 4.78 is 25.2. The van der Waals surface area contributed by atoms with E-state index in [1.807, 2.05) is 31.2 Å². The monoisotopic (exact) mass is 395 g/mol. The molecule has 0 N–H and O–H groups in total. The highest BCUT2D eigenvalue weighted by atomic mass is 35.5. The highest BCUT2D eigenvalue weighted by Gasteiger charge is 2.34. The number of halogens is 1. The fourth-order valence-corrected chi connectivity index (χ4v) is 5.34. The van der Waals surface area contributed by atoms with Crippen molar-refractivity contribution in [2.45, 2.75) is 32.9 Å². The Hall–Kier alpha value is -1.86. The lowest BCUT2D eigenvalue weighted by atomic mass is 10.1. The van der Waals surface area contributed by atoms with E-state index in [0.29, 0.717) is 29.2 Å². The van der Waals surface area contributed by atoms with Crippen molar-refractivity contribution in [3.8, 4) is 0 Å². The number of aromatic nitrogens is 2. The number of hydrogen-bond acceptors (Lipinski definition) is 4. The molecule has 1 aliphatic heterocycles. The highest BCUT2D eigenvalue weighted by molar-refractivity contribution is 7.91. The second kappa shape index (κ2) is 7.04. The Bertz CT molecular complexity index is 953. The molecule has 0 aliphatic carbocycles. The lowest BCUT2D eigenvalue weighted by molar-refractivity contribution is 0.0746. The van der Waals surface area contributed by atoms with E-state index in [1.54, 1.807) is 23.6 Å². The molecular formula is C18H22ClN3O3S. The van der Waals surface area contributed by atoms with Gasteiger partial charge in [-0.1, -0.05) is 29.8 Å². The Kier molecular flexibility index (Phi) is 5.12. The van der Waals surface area contributed by atoms with Gasteiger partial charge >= 0.3 is 0 Å². The van der Waals surface area contributed by atoms with Crippen molar-refractivity contribution < 1.29 is 13.2 Å². The van der Waals surface area contributed by atoms with Gasteiger partial charge in [0.05, 0.1) is 29.3 Å². The summed E-state index contributed by atoms with van der Waals surface area (Å²) in [6.07, 6.45) is 0.483. The standard InChI is InChI=1S/C18H22ClN3O3S/c1-12-17(18(23)21(3)15-8-9-26(24,25)11-15)13(2)22(20-12)10-14-6-4-5-7-16(14)19/h4-7,15H,8-11H2,1-3H3. The van der Waals surface area contributed by atoms with Crippen molar-refractivity contribution in [2.75, 3.05) is 18.6 Å². The van der Waals surface area contributed by atoms with Crippen LogP contribution in [-0.2, 0) is 16.4 Å². The molecule has 0 spiro atoms. The molecule has 3 rings (SSSR count). The first-order valence-corrected chi connectivity index (χ1v) is 10.6. The third-order valence-electron chi connectivity index (χ3n) is 4.95. The first-order valence-electron chi connectivity index (χ1n) is 8.44. The smallest absolute Gasteiger partial charge is 0.257 e. The predicted molar refractivity (Wildman–Crippen MR) is 101 cm³/mol. The normalized spacial score (nSPS) is 18.8. The van der Waals surface area contributed by atoms with E-state index in [-0.39, 0.29) is 23.5 Å². The number of amides is 1. The number of aryl methyl sites for hydroxylation is 1. The van der Waals surface area contributed by atoms with Crippen LogP contribution in [0.5, 0.6) is 0 Å². The lowest BCUT2D eigenvalue weighted by Gasteiger charge is -2.23. The van der Waals surface area contributed by atoms with Crippen LogP contribution in [-0.4, -0.2) is 53.6 Å². The topological polar surface area (TPSA) is 72.3 Å². The highest BCUT2D eigenvalue weighted by Crippen LogP contribution is 2.23. The SMILES string of the molecule is Cc1nn(Cc2ccccc2Cl)c(C)c1C(=O)N(C)C1CCS(=O)(=O)C1. The van der Waals surface area contributed by atoms with E-state index < -0.39 is 9.84 Å². The van der Waals surface area contributed by atoms with Gasteiger partial charge in [0.15, 0.2) is 9.84 Å². The molecule has 0 radical (unpaired) electrons. The minimum absolute atomic E-state index is 0.0289. The van der Waals surface area contributed by atoms with Crippen LogP contribution in [0.15, 0.2) is 24.3 Å². The Labute approximate surface area is 158 Å². The van der Waals surface area contributed by atoms with Crippen molar-refractivity contribution in [1.29, 1.82) is 0 Å². The second-order valence-corrected chi connectivity index (χ2v) is 9.40. The van der Waals surface area contributed by atoms with Gasteiger partial charge in [-0.2, -0.15) is 5.10 Å². The maximum absolute atomic E-state index is 13.0. The molecule has 1 fully saturated rings. The zero-order valence-corrected chi connectivity index (χ0v) is 16.6. The van der Waals surface area contributed by atoms with Crippen molar-refractivity contribution >= 4 is 27.3 Å². The van der Waals surface area contributed by atoms with Gasteiger partial charge in [0.1, 0.15) is 0 Å². The van der Waals surface area contributed by atoms with E-state index in [0.717, 1.165) is 11.3 Å².